The Labute approximate surface area is 159 Å². The number of nitrogens with zero attached hydrogens (tertiary/aromatic N) is 3. The molecule has 2 heterocycles. The zero-order chi connectivity index (χ0) is 19.1. The van der Waals surface area contributed by atoms with Crippen molar-refractivity contribution in [2.75, 3.05) is 51.8 Å². The molecule has 27 heavy (non-hydrogen) atoms. The number of methoxy groups -OCH3 is 1. The van der Waals surface area contributed by atoms with Crippen molar-refractivity contribution >= 4 is 11.7 Å². The summed E-state index contributed by atoms with van der Waals surface area (Å²) >= 11 is 0. The number of urea groups is 1. The lowest BCUT2D eigenvalue weighted by Crippen LogP contribution is -2.49. The second kappa shape index (κ2) is 9.38. The lowest BCUT2D eigenvalue weighted by molar-refractivity contribution is 0.141. The summed E-state index contributed by atoms with van der Waals surface area (Å²) in [5.41, 5.74) is 1.64. The average Bonchev–Trinajstić information content (AvgIpc) is 3.07. The van der Waals surface area contributed by atoms with Crippen molar-refractivity contribution in [2.45, 2.75) is 13.5 Å². The van der Waals surface area contributed by atoms with Crippen LogP contribution in [0.2, 0.25) is 0 Å². The molecule has 8 nitrogen and oxygen atoms in total. The summed E-state index contributed by atoms with van der Waals surface area (Å²) < 4.78 is 15.7. The van der Waals surface area contributed by atoms with Gasteiger partial charge in [0.2, 0.25) is 0 Å². The average molecular weight is 374 g/mol. The number of aromatic nitrogens is 1. The molecule has 3 rings (SSSR count). The quantitative estimate of drug-likeness (QED) is 0.750. The fourth-order valence-corrected chi connectivity index (χ4v) is 2.94. The molecule has 1 aliphatic heterocycles. The SMILES string of the molecule is COCCOc1cccc(NC(=O)N2CCN(Cc3cc(C)on3)CC2)c1. The summed E-state index contributed by atoms with van der Waals surface area (Å²) in [5, 5.41) is 6.97. The van der Waals surface area contributed by atoms with Crippen LogP contribution < -0.4 is 10.1 Å². The normalized spacial score (nSPS) is 15.0. The number of piperazine rings is 1. The van der Waals surface area contributed by atoms with Crippen LogP contribution in [0.25, 0.3) is 0 Å². The predicted molar refractivity (Wildman–Crippen MR) is 101 cm³/mol. The first-order valence-electron chi connectivity index (χ1n) is 9.06. The van der Waals surface area contributed by atoms with Crippen molar-refractivity contribution in [1.29, 1.82) is 0 Å². The maximum absolute atomic E-state index is 12.5. The molecule has 0 aliphatic carbocycles. The number of hydrogen-bond acceptors (Lipinski definition) is 6. The summed E-state index contributed by atoms with van der Waals surface area (Å²) in [6, 6.07) is 9.23. The molecule has 1 aromatic heterocycles. The maximum atomic E-state index is 12.5. The van der Waals surface area contributed by atoms with Gasteiger partial charge in [0.05, 0.1) is 12.3 Å². The van der Waals surface area contributed by atoms with Crippen LogP contribution >= 0.6 is 0 Å². The number of nitrogens with one attached hydrogen (secondary N) is 1. The van der Waals surface area contributed by atoms with Gasteiger partial charge in [0.1, 0.15) is 18.1 Å². The third kappa shape index (κ3) is 5.70. The molecular formula is C19H26N4O4. The fourth-order valence-electron chi connectivity index (χ4n) is 2.94. The zero-order valence-corrected chi connectivity index (χ0v) is 15.8. The molecule has 2 aromatic rings. The lowest BCUT2D eigenvalue weighted by Gasteiger charge is -2.34. The van der Waals surface area contributed by atoms with Gasteiger partial charge in [-0.15, -0.1) is 0 Å². The van der Waals surface area contributed by atoms with Gasteiger partial charge in [0.15, 0.2) is 0 Å². The van der Waals surface area contributed by atoms with Gasteiger partial charge in [0, 0.05) is 57.7 Å². The van der Waals surface area contributed by atoms with Crippen molar-refractivity contribution in [3.05, 3.63) is 41.8 Å². The molecule has 8 heteroatoms. The second-order valence-corrected chi connectivity index (χ2v) is 6.49. The Morgan fingerprint density at radius 2 is 2.04 bits per heavy atom. The number of anilines is 1. The molecule has 1 aliphatic rings. The van der Waals surface area contributed by atoms with Crippen molar-refractivity contribution in [3.63, 3.8) is 0 Å². The zero-order valence-electron chi connectivity index (χ0n) is 15.8. The van der Waals surface area contributed by atoms with Gasteiger partial charge in [-0.05, 0) is 19.1 Å². The van der Waals surface area contributed by atoms with E-state index in [9.17, 15) is 4.79 Å². The van der Waals surface area contributed by atoms with E-state index in [-0.39, 0.29) is 6.03 Å². The van der Waals surface area contributed by atoms with Crippen molar-refractivity contribution < 1.29 is 18.8 Å². The van der Waals surface area contributed by atoms with Gasteiger partial charge >= 0.3 is 6.03 Å². The van der Waals surface area contributed by atoms with Crippen LogP contribution in [0.1, 0.15) is 11.5 Å². The molecule has 1 saturated heterocycles. The number of rotatable bonds is 7. The van der Waals surface area contributed by atoms with Crippen LogP contribution in [0.3, 0.4) is 0 Å². The molecule has 146 valence electrons. The minimum Gasteiger partial charge on any atom is -0.491 e. The third-order valence-corrected chi connectivity index (χ3v) is 4.36. The molecule has 0 bridgehead atoms. The number of aryl methyl sites for hydroxylation is 1. The smallest absolute Gasteiger partial charge is 0.321 e. The molecule has 0 atom stereocenters. The van der Waals surface area contributed by atoms with E-state index in [2.05, 4.69) is 15.4 Å². The van der Waals surface area contributed by atoms with E-state index in [0.29, 0.717) is 32.1 Å². The van der Waals surface area contributed by atoms with E-state index in [1.165, 1.54) is 0 Å². The summed E-state index contributed by atoms with van der Waals surface area (Å²) in [6.45, 7) is 6.58. The number of carbonyl (C=O) groups is 1. The first kappa shape index (κ1) is 19.2. The van der Waals surface area contributed by atoms with Crippen LogP contribution in [-0.2, 0) is 11.3 Å². The first-order chi connectivity index (χ1) is 13.1. The largest absolute Gasteiger partial charge is 0.491 e. The van der Waals surface area contributed by atoms with Gasteiger partial charge in [0.25, 0.3) is 0 Å². The standard InChI is InChI=1S/C19H26N4O4/c1-15-12-17(21-27-15)14-22-6-8-23(9-7-22)19(24)20-16-4-3-5-18(13-16)26-11-10-25-2/h3-5,12-13H,6-11,14H2,1-2H3,(H,20,24). The monoisotopic (exact) mass is 374 g/mol. The summed E-state index contributed by atoms with van der Waals surface area (Å²) in [5.74, 6) is 1.52. The summed E-state index contributed by atoms with van der Waals surface area (Å²) in [6.07, 6.45) is 0. The van der Waals surface area contributed by atoms with E-state index in [0.717, 1.165) is 36.8 Å². The second-order valence-electron chi connectivity index (χ2n) is 6.49. The maximum Gasteiger partial charge on any atom is 0.321 e. The minimum absolute atomic E-state index is 0.0963. The molecule has 0 radical (unpaired) electrons. The Kier molecular flexibility index (Phi) is 6.67. The van der Waals surface area contributed by atoms with Gasteiger partial charge in [-0.25, -0.2) is 4.79 Å². The molecule has 0 spiro atoms. The molecule has 1 N–H and O–H groups in total. The van der Waals surface area contributed by atoms with E-state index < -0.39 is 0 Å². The van der Waals surface area contributed by atoms with Crippen molar-refractivity contribution in [2.24, 2.45) is 0 Å². The topological polar surface area (TPSA) is 80.1 Å². The molecule has 0 saturated carbocycles. The number of amides is 2. The highest BCUT2D eigenvalue weighted by molar-refractivity contribution is 5.89. The first-order valence-corrected chi connectivity index (χ1v) is 9.06. The van der Waals surface area contributed by atoms with Crippen LogP contribution in [0, 0.1) is 6.92 Å². The highest BCUT2D eigenvalue weighted by Gasteiger charge is 2.22. The van der Waals surface area contributed by atoms with E-state index >= 15 is 0 Å². The number of hydrogen-bond donors (Lipinski definition) is 1. The Bertz CT molecular complexity index is 741. The molecule has 2 amide bonds. The lowest BCUT2D eigenvalue weighted by atomic mass is 10.2. The molecule has 0 unspecified atom stereocenters. The van der Waals surface area contributed by atoms with Crippen molar-refractivity contribution in [3.8, 4) is 5.75 Å². The number of benzene rings is 1. The summed E-state index contributed by atoms with van der Waals surface area (Å²) in [7, 11) is 1.63. The van der Waals surface area contributed by atoms with E-state index in [4.69, 9.17) is 14.0 Å². The Morgan fingerprint density at radius 1 is 1.22 bits per heavy atom. The number of carbonyl (C=O) groups excluding carboxylic acids is 1. The molecule has 1 aromatic carbocycles. The fraction of sp³-hybridized carbons (Fsp3) is 0.474. The van der Waals surface area contributed by atoms with E-state index in [1.807, 2.05) is 42.2 Å². The summed E-state index contributed by atoms with van der Waals surface area (Å²) in [4.78, 5) is 16.6. The van der Waals surface area contributed by atoms with Gasteiger partial charge in [-0.1, -0.05) is 11.2 Å². The molecular weight excluding hydrogens is 348 g/mol. The highest BCUT2D eigenvalue weighted by atomic mass is 16.5. The Morgan fingerprint density at radius 3 is 2.74 bits per heavy atom. The van der Waals surface area contributed by atoms with Crippen LogP contribution in [0.15, 0.2) is 34.9 Å². The Balaban J connectivity index is 1.46. The highest BCUT2D eigenvalue weighted by Crippen LogP contribution is 2.18. The predicted octanol–water partition coefficient (Wildman–Crippen LogP) is 2.36. The third-order valence-electron chi connectivity index (χ3n) is 4.36. The van der Waals surface area contributed by atoms with Crippen molar-refractivity contribution in [1.82, 2.24) is 15.0 Å². The van der Waals surface area contributed by atoms with Crippen LogP contribution in [0.5, 0.6) is 5.75 Å². The minimum atomic E-state index is -0.0963. The van der Waals surface area contributed by atoms with Gasteiger partial charge in [-0.3, -0.25) is 4.90 Å². The Hall–Kier alpha value is -2.58. The van der Waals surface area contributed by atoms with Gasteiger partial charge in [-0.2, -0.15) is 0 Å². The van der Waals surface area contributed by atoms with Gasteiger partial charge < -0.3 is 24.2 Å². The number of ether oxygens (including phenoxy) is 2. The van der Waals surface area contributed by atoms with Crippen LogP contribution in [0.4, 0.5) is 10.5 Å². The molecule has 1 fully saturated rings. The van der Waals surface area contributed by atoms with Crippen LogP contribution in [-0.4, -0.2) is 67.5 Å². The van der Waals surface area contributed by atoms with E-state index in [1.54, 1.807) is 7.11 Å².